The van der Waals surface area contributed by atoms with Gasteiger partial charge in [-0.15, -0.1) is 0 Å². The van der Waals surface area contributed by atoms with Crippen LogP contribution in [0, 0.1) is 7.66 Å². The molecule has 2 aromatic heterocycles. The number of amides is 1. The van der Waals surface area contributed by atoms with Gasteiger partial charge in [-0.25, -0.2) is 14.8 Å². The summed E-state index contributed by atoms with van der Waals surface area (Å²) in [5.41, 5.74) is 1.27. The lowest BCUT2D eigenvalue weighted by molar-refractivity contribution is 0.0177. The number of hydrogen-bond acceptors (Lipinski definition) is 4. The van der Waals surface area contributed by atoms with Crippen LogP contribution in [0.4, 0.5) is 4.79 Å². The second-order valence-corrected chi connectivity index (χ2v) is 9.99. The van der Waals surface area contributed by atoms with Gasteiger partial charge in [-0.3, -0.25) is 0 Å². The third-order valence-corrected chi connectivity index (χ3v) is 6.89. The maximum atomic E-state index is 12.5. The fourth-order valence-electron chi connectivity index (χ4n) is 3.39. The summed E-state index contributed by atoms with van der Waals surface area (Å²) in [5.74, 6) is 0. The number of imidazole rings is 2. The van der Waals surface area contributed by atoms with Crippen molar-refractivity contribution in [3.8, 4) is 0 Å². The fourth-order valence-corrected chi connectivity index (χ4v) is 4.19. The van der Waals surface area contributed by atoms with Gasteiger partial charge in [-0.1, -0.05) is 0 Å². The zero-order valence-corrected chi connectivity index (χ0v) is 20.6. The third-order valence-electron chi connectivity index (χ3n) is 4.89. The van der Waals surface area contributed by atoms with E-state index in [4.69, 9.17) is 14.7 Å². The molecule has 0 bridgehead atoms. The number of likely N-dealkylation sites (tertiary alicyclic amines) is 1. The van der Waals surface area contributed by atoms with E-state index in [0.29, 0.717) is 13.1 Å². The Labute approximate surface area is 187 Å². The van der Waals surface area contributed by atoms with Crippen molar-refractivity contribution >= 4 is 51.3 Å². The number of halogens is 2. The summed E-state index contributed by atoms with van der Waals surface area (Å²) in [5, 5.41) is 0. The van der Waals surface area contributed by atoms with Gasteiger partial charge in [0.25, 0.3) is 0 Å². The van der Waals surface area contributed by atoms with E-state index in [2.05, 4.69) is 57.6 Å². The van der Waals surface area contributed by atoms with Gasteiger partial charge in [0, 0.05) is 39.6 Å². The summed E-state index contributed by atoms with van der Waals surface area (Å²) in [6, 6.07) is 0. The molecule has 1 aliphatic heterocycles. The smallest absolute Gasteiger partial charge is 0.410 e. The van der Waals surface area contributed by atoms with Gasteiger partial charge >= 0.3 is 6.09 Å². The summed E-state index contributed by atoms with van der Waals surface area (Å²) >= 11 is 4.50. The molecule has 9 heteroatoms. The maximum absolute atomic E-state index is 12.5. The molecule has 148 valence electrons. The van der Waals surface area contributed by atoms with Crippen LogP contribution in [0.5, 0.6) is 0 Å². The van der Waals surface area contributed by atoms with Crippen molar-refractivity contribution in [3.63, 3.8) is 0 Å². The van der Waals surface area contributed by atoms with Gasteiger partial charge in [0.2, 0.25) is 0 Å². The highest BCUT2D eigenvalue weighted by Crippen LogP contribution is 2.41. The summed E-state index contributed by atoms with van der Waals surface area (Å²) in [4.78, 5) is 23.9. The number of ether oxygens (including phenoxy) is 1. The van der Waals surface area contributed by atoms with Crippen LogP contribution in [0.25, 0.3) is 0 Å². The molecule has 1 fully saturated rings. The van der Waals surface area contributed by atoms with E-state index in [1.54, 1.807) is 4.90 Å². The van der Waals surface area contributed by atoms with E-state index in [1.165, 1.54) is 0 Å². The molecular formula is C18H25I2N5O2. The molecule has 0 atom stereocenters. The zero-order chi connectivity index (χ0) is 20.0. The van der Waals surface area contributed by atoms with Crippen LogP contribution < -0.4 is 0 Å². The van der Waals surface area contributed by atoms with Gasteiger partial charge in [0.1, 0.15) is 5.60 Å². The van der Waals surface area contributed by atoms with Crippen LogP contribution in [0.2, 0.25) is 0 Å². The number of rotatable bonds is 2. The summed E-state index contributed by atoms with van der Waals surface area (Å²) < 4.78 is 11.5. The lowest BCUT2D eigenvalue weighted by Crippen LogP contribution is -2.47. The highest BCUT2D eigenvalue weighted by atomic mass is 127. The van der Waals surface area contributed by atoms with E-state index < -0.39 is 5.60 Å². The second kappa shape index (κ2) is 7.53. The molecule has 27 heavy (non-hydrogen) atoms. The second-order valence-electron chi connectivity index (χ2n) is 8.06. The Bertz CT molecular complexity index is 757. The first-order valence-electron chi connectivity index (χ1n) is 8.88. The lowest BCUT2D eigenvalue weighted by atomic mass is 9.73. The first kappa shape index (κ1) is 20.9. The van der Waals surface area contributed by atoms with Crippen molar-refractivity contribution in [2.24, 2.45) is 14.1 Å². The van der Waals surface area contributed by atoms with Crippen molar-refractivity contribution in [3.05, 3.63) is 31.4 Å². The molecule has 7 nitrogen and oxygen atoms in total. The SMILES string of the molecule is Cn1cc(C2(c3cn(C)c(I)n3)CCN(C(=O)OC(C)(C)C)CC2)nc1I. The molecule has 0 aromatic carbocycles. The number of carbonyl (C=O) groups excluding carboxylic acids is 1. The monoisotopic (exact) mass is 597 g/mol. The van der Waals surface area contributed by atoms with Gasteiger partial charge in [-0.2, -0.15) is 0 Å². The topological polar surface area (TPSA) is 65.2 Å². The number of piperidine rings is 1. The minimum atomic E-state index is -0.486. The fraction of sp³-hybridized carbons (Fsp3) is 0.611. The Kier molecular flexibility index (Phi) is 5.82. The van der Waals surface area contributed by atoms with Gasteiger partial charge in [0.15, 0.2) is 7.66 Å². The van der Waals surface area contributed by atoms with Crippen molar-refractivity contribution < 1.29 is 9.53 Å². The minimum Gasteiger partial charge on any atom is -0.444 e. The largest absolute Gasteiger partial charge is 0.444 e. The van der Waals surface area contributed by atoms with E-state index in [1.807, 2.05) is 44.0 Å². The van der Waals surface area contributed by atoms with Gasteiger partial charge < -0.3 is 18.8 Å². The van der Waals surface area contributed by atoms with Gasteiger partial charge in [0.05, 0.1) is 16.8 Å². The van der Waals surface area contributed by atoms with Gasteiger partial charge in [-0.05, 0) is 78.8 Å². The van der Waals surface area contributed by atoms with Crippen LogP contribution in [0.1, 0.15) is 45.0 Å². The Morgan fingerprint density at radius 1 is 1.04 bits per heavy atom. The normalized spacial score (nSPS) is 17.2. The first-order valence-corrected chi connectivity index (χ1v) is 11.0. The molecule has 1 saturated heterocycles. The number of carbonyl (C=O) groups is 1. The summed E-state index contributed by atoms with van der Waals surface area (Å²) in [7, 11) is 4.01. The standard InChI is InChI=1S/C18H25I2N5O2/c1-17(2,3)27-16(26)25-8-6-18(7-9-25,12-10-23(4)14(19)21-12)13-11-24(5)15(20)22-13/h10-11H,6-9H2,1-5H3. The molecule has 3 heterocycles. The van der Waals surface area contributed by atoms with E-state index >= 15 is 0 Å². The molecule has 1 amide bonds. The Morgan fingerprint density at radius 2 is 1.48 bits per heavy atom. The van der Waals surface area contributed by atoms with Crippen molar-refractivity contribution in [2.45, 2.75) is 44.6 Å². The van der Waals surface area contributed by atoms with E-state index in [0.717, 1.165) is 31.9 Å². The first-order chi connectivity index (χ1) is 12.5. The molecule has 0 N–H and O–H groups in total. The summed E-state index contributed by atoms with van der Waals surface area (Å²) in [6.07, 6.45) is 5.47. The predicted octanol–water partition coefficient (Wildman–Crippen LogP) is 3.68. The van der Waals surface area contributed by atoms with Crippen LogP contribution in [-0.2, 0) is 24.2 Å². The van der Waals surface area contributed by atoms with E-state index in [9.17, 15) is 4.79 Å². The minimum absolute atomic E-state index is 0.248. The number of hydrogen-bond donors (Lipinski definition) is 0. The van der Waals surface area contributed by atoms with Crippen LogP contribution in [0.15, 0.2) is 12.4 Å². The van der Waals surface area contributed by atoms with Crippen LogP contribution >= 0.6 is 45.2 Å². The Morgan fingerprint density at radius 3 is 1.81 bits per heavy atom. The third kappa shape index (κ3) is 4.28. The average Bonchev–Trinajstić information content (AvgIpc) is 3.09. The molecule has 1 aliphatic rings. The molecule has 0 saturated carbocycles. The van der Waals surface area contributed by atoms with Crippen molar-refractivity contribution in [2.75, 3.05) is 13.1 Å². The maximum Gasteiger partial charge on any atom is 0.410 e. The predicted molar refractivity (Wildman–Crippen MR) is 120 cm³/mol. The number of aryl methyl sites for hydroxylation is 2. The molecule has 0 spiro atoms. The molecule has 0 radical (unpaired) electrons. The molecule has 2 aromatic rings. The number of nitrogens with zero attached hydrogens (tertiary/aromatic N) is 5. The van der Waals surface area contributed by atoms with Crippen molar-refractivity contribution in [1.82, 2.24) is 24.0 Å². The van der Waals surface area contributed by atoms with Crippen molar-refractivity contribution in [1.29, 1.82) is 0 Å². The molecule has 0 unspecified atom stereocenters. The summed E-state index contributed by atoms with van der Waals surface area (Å²) in [6.45, 7) is 6.92. The highest BCUT2D eigenvalue weighted by molar-refractivity contribution is 14.1. The van der Waals surface area contributed by atoms with Crippen LogP contribution in [0.3, 0.4) is 0 Å². The van der Waals surface area contributed by atoms with Crippen LogP contribution in [-0.4, -0.2) is 48.8 Å². The lowest BCUT2D eigenvalue weighted by Gasteiger charge is -2.40. The highest BCUT2D eigenvalue weighted by Gasteiger charge is 2.43. The quantitative estimate of drug-likeness (QED) is 0.496. The van der Waals surface area contributed by atoms with E-state index in [-0.39, 0.29) is 11.5 Å². The molecule has 0 aliphatic carbocycles. The zero-order valence-electron chi connectivity index (χ0n) is 16.3. The average molecular weight is 597 g/mol. The Hall–Kier alpha value is -0.850. The Balaban J connectivity index is 1.91. The molecular weight excluding hydrogens is 572 g/mol. The molecule has 3 rings (SSSR count). The number of aromatic nitrogens is 4.